The third-order valence-electron chi connectivity index (χ3n) is 6.20. The maximum absolute atomic E-state index is 13.1. The molecule has 0 aliphatic carbocycles. The summed E-state index contributed by atoms with van der Waals surface area (Å²) >= 11 is 0. The van der Waals surface area contributed by atoms with Crippen LogP contribution in [-0.2, 0) is 11.3 Å². The van der Waals surface area contributed by atoms with Crippen LogP contribution < -0.4 is 14.8 Å². The van der Waals surface area contributed by atoms with Crippen LogP contribution in [0.15, 0.2) is 66.7 Å². The van der Waals surface area contributed by atoms with E-state index in [9.17, 15) is 9.90 Å². The lowest BCUT2D eigenvalue weighted by molar-refractivity contribution is -0.121. The molecule has 6 heteroatoms. The van der Waals surface area contributed by atoms with Crippen molar-refractivity contribution < 1.29 is 19.4 Å². The molecule has 1 amide bonds. The molecular formula is C27H30N2O4. The Bertz CT molecular complexity index is 1110. The molecule has 1 aliphatic rings. The largest absolute Gasteiger partial charge is 0.508 e. The van der Waals surface area contributed by atoms with Gasteiger partial charge in [0, 0.05) is 29.3 Å². The Kier molecular flexibility index (Phi) is 7.15. The van der Waals surface area contributed by atoms with Gasteiger partial charge in [0.05, 0.1) is 14.2 Å². The van der Waals surface area contributed by atoms with Crippen molar-refractivity contribution in [3.63, 3.8) is 0 Å². The number of para-hydroxylation sites is 1. The van der Waals surface area contributed by atoms with Crippen LogP contribution in [0.5, 0.6) is 17.2 Å². The van der Waals surface area contributed by atoms with E-state index in [1.165, 1.54) is 0 Å². The van der Waals surface area contributed by atoms with E-state index >= 15 is 0 Å². The molecule has 3 aromatic carbocycles. The van der Waals surface area contributed by atoms with Gasteiger partial charge in [-0.25, -0.2) is 0 Å². The van der Waals surface area contributed by atoms with Crippen molar-refractivity contribution in [2.24, 2.45) is 5.92 Å². The molecular weight excluding hydrogens is 416 g/mol. The summed E-state index contributed by atoms with van der Waals surface area (Å²) in [5.74, 6) is 1.78. The van der Waals surface area contributed by atoms with Crippen LogP contribution in [0.3, 0.4) is 0 Å². The van der Waals surface area contributed by atoms with Gasteiger partial charge in [-0.3, -0.25) is 9.69 Å². The minimum atomic E-state index is -0.0430. The average molecular weight is 447 g/mol. The molecule has 1 saturated heterocycles. The quantitative estimate of drug-likeness (QED) is 0.539. The molecule has 4 rings (SSSR count). The number of benzene rings is 3. The summed E-state index contributed by atoms with van der Waals surface area (Å²) in [6.45, 7) is 2.23. The lowest BCUT2D eigenvalue weighted by Crippen LogP contribution is -2.37. The first kappa shape index (κ1) is 22.7. The molecule has 0 spiro atoms. The first-order chi connectivity index (χ1) is 16.1. The van der Waals surface area contributed by atoms with Gasteiger partial charge in [-0.05, 0) is 67.9 Å². The summed E-state index contributed by atoms with van der Waals surface area (Å²) in [5.41, 5.74) is 3.61. The molecule has 1 aliphatic heterocycles. The zero-order valence-corrected chi connectivity index (χ0v) is 19.1. The van der Waals surface area contributed by atoms with Crippen molar-refractivity contribution in [1.82, 2.24) is 4.90 Å². The van der Waals surface area contributed by atoms with Gasteiger partial charge in [0.15, 0.2) is 0 Å². The SMILES string of the molecule is COc1cccc(-c2ccccc2NC(=O)C2CCN(Cc3cc(OC)ccc3O)CC2)c1. The highest BCUT2D eigenvalue weighted by molar-refractivity contribution is 5.96. The predicted molar refractivity (Wildman–Crippen MR) is 130 cm³/mol. The Morgan fingerprint density at radius 2 is 1.70 bits per heavy atom. The highest BCUT2D eigenvalue weighted by Gasteiger charge is 2.26. The summed E-state index contributed by atoms with van der Waals surface area (Å²) in [6, 6.07) is 21.0. The minimum Gasteiger partial charge on any atom is -0.508 e. The predicted octanol–water partition coefficient (Wildman–Crippen LogP) is 4.93. The fourth-order valence-corrected chi connectivity index (χ4v) is 4.28. The number of aromatic hydroxyl groups is 1. The molecule has 1 heterocycles. The fraction of sp³-hybridized carbons (Fsp3) is 0.296. The highest BCUT2D eigenvalue weighted by Crippen LogP contribution is 2.32. The Morgan fingerprint density at radius 1 is 0.970 bits per heavy atom. The number of phenols is 1. The Labute approximate surface area is 194 Å². The molecule has 0 saturated carbocycles. The zero-order chi connectivity index (χ0) is 23.2. The van der Waals surface area contributed by atoms with Crippen molar-refractivity contribution in [2.45, 2.75) is 19.4 Å². The average Bonchev–Trinajstić information content (AvgIpc) is 2.86. The van der Waals surface area contributed by atoms with Crippen LogP contribution in [0, 0.1) is 5.92 Å². The highest BCUT2D eigenvalue weighted by atomic mass is 16.5. The number of rotatable bonds is 7. The Hall–Kier alpha value is -3.51. The molecule has 3 aromatic rings. The third kappa shape index (κ3) is 5.46. The lowest BCUT2D eigenvalue weighted by atomic mass is 9.95. The van der Waals surface area contributed by atoms with Crippen molar-refractivity contribution in [1.29, 1.82) is 0 Å². The molecule has 6 nitrogen and oxygen atoms in total. The number of carbonyl (C=O) groups excluding carboxylic acids is 1. The van der Waals surface area contributed by atoms with Crippen molar-refractivity contribution >= 4 is 11.6 Å². The van der Waals surface area contributed by atoms with Crippen LogP contribution in [-0.4, -0.2) is 43.2 Å². The van der Waals surface area contributed by atoms with E-state index in [-0.39, 0.29) is 17.6 Å². The van der Waals surface area contributed by atoms with Crippen LogP contribution >= 0.6 is 0 Å². The monoisotopic (exact) mass is 446 g/mol. The summed E-state index contributed by atoms with van der Waals surface area (Å²) in [4.78, 5) is 15.3. The van der Waals surface area contributed by atoms with Gasteiger partial charge in [-0.1, -0.05) is 30.3 Å². The summed E-state index contributed by atoms with van der Waals surface area (Å²) in [7, 11) is 3.27. The molecule has 1 fully saturated rings. The fourth-order valence-electron chi connectivity index (χ4n) is 4.28. The zero-order valence-electron chi connectivity index (χ0n) is 19.1. The maximum Gasteiger partial charge on any atom is 0.227 e. The molecule has 33 heavy (non-hydrogen) atoms. The number of carbonyl (C=O) groups is 1. The number of ether oxygens (including phenoxy) is 2. The van der Waals surface area contributed by atoms with Gasteiger partial charge >= 0.3 is 0 Å². The van der Waals surface area contributed by atoms with Crippen LogP contribution in [0.1, 0.15) is 18.4 Å². The standard InChI is InChI=1S/C27H30N2O4/c1-32-22-7-5-6-20(16-22)24-8-3-4-9-25(24)28-27(31)19-12-14-29(15-13-19)18-21-17-23(33-2)10-11-26(21)30/h3-11,16-17,19,30H,12-15,18H2,1-2H3,(H,28,31). The first-order valence-corrected chi connectivity index (χ1v) is 11.2. The van der Waals surface area contributed by atoms with E-state index in [1.807, 2.05) is 54.6 Å². The summed E-state index contributed by atoms with van der Waals surface area (Å²) in [6.07, 6.45) is 1.55. The topological polar surface area (TPSA) is 71.0 Å². The third-order valence-corrected chi connectivity index (χ3v) is 6.20. The number of nitrogens with one attached hydrogen (secondary N) is 1. The Morgan fingerprint density at radius 3 is 2.45 bits per heavy atom. The second-order valence-electron chi connectivity index (χ2n) is 8.31. The first-order valence-electron chi connectivity index (χ1n) is 11.2. The van der Waals surface area contributed by atoms with E-state index in [0.717, 1.165) is 59.8 Å². The van der Waals surface area contributed by atoms with Gasteiger partial charge in [0.25, 0.3) is 0 Å². The van der Waals surface area contributed by atoms with Gasteiger partial charge in [-0.2, -0.15) is 0 Å². The molecule has 0 bridgehead atoms. The second kappa shape index (κ2) is 10.4. The van der Waals surface area contributed by atoms with Gasteiger partial charge in [0.1, 0.15) is 17.2 Å². The van der Waals surface area contributed by atoms with Gasteiger partial charge < -0.3 is 19.9 Å². The summed E-state index contributed by atoms with van der Waals surface area (Å²) in [5, 5.41) is 13.3. The van der Waals surface area contributed by atoms with Crippen molar-refractivity contribution in [2.75, 3.05) is 32.6 Å². The van der Waals surface area contributed by atoms with E-state index < -0.39 is 0 Å². The molecule has 0 radical (unpaired) electrons. The van der Waals surface area contributed by atoms with Crippen molar-refractivity contribution in [3.05, 3.63) is 72.3 Å². The molecule has 0 atom stereocenters. The minimum absolute atomic E-state index is 0.0430. The van der Waals surface area contributed by atoms with Crippen LogP contribution in [0.25, 0.3) is 11.1 Å². The number of nitrogens with zero attached hydrogens (tertiary/aromatic N) is 1. The van der Waals surface area contributed by atoms with Crippen molar-refractivity contribution in [3.8, 4) is 28.4 Å². The number of hydrogen-bond acceptors (Lipinski definition) is 5. The maximum atomic E-state index is 13.1. The van der Waals surface area contributed by atoms with Gasteiger partial charge in [-0.15, -0.1) is 0 Å². The number of anilines is 1. The lowest BCUT2D eigenvalue weighted by Gasteiger charge is -2.31. The van der Waals surface area contributed by atoms with Gasteiger partial charge in [0.2, 0.25) is 5.91 Å². The second-order valence-corrected chi connectivity index (χ2v) is 8.31. The Balaban J connectivity index is 1.38. The molecule has 0 aromatic heterocycles. The number of hydrogen-bond donors (Lipinski definition) is 2. The van der Waals surface area contributed by atoms with Crippen LogP contribution in [0.2, 0.25) is 0 Å². The van der Waals surface area contributed by atoms with E-state index in [0.29, 0.717) is 6.54 Å². The number of phenolic OH excluding ortho intramolecular Hbond substituents is 1. The van der Waals surface area contributed by atoms with E-state index in [4.69, 9.17) is 9.47 Å². The number of likely N-dealkylation sites (tertiary alicyclic amines) is 1. The van der Waals surface area contributed by atoms with Crippen LogP contribution in [0.4, 0.5) is 5.69 Å². The number of methoxy groups -OCH3 is 2. The van der Waals surface area contributed by atoms with E-state index in [1.54, 1.807) is 26.4 Å². The molecule has 2 N–H and O–H groups in total. The molecule has 172 valence electrons. The van der Waals surface area contributed by atoms with E-state index in [2.05, 4.69) is 10.2 Å². The molecule has 0 unspecified atom stereocenters. The summed E-state index contributed by atoms with van der Waals surface area (Å²) < 4.78 is 10.6. The smallest absolute Gasteiger partial charge is 0.227 e. The normalized spacial score (nSPS) is 14.6. The number of piperidine rings is 1. The number of amides is 1.